The van der Waals surface area contributed by atoms with Gasteiger partial charge in [-0.25, -0.2) is 13.8 Å². The summed E-state index contributed by atoms with van der Waals surface area (Å²) in [6, 6.07) is 0.284. The van der Waals surface area contributed by atoms with Gasteiger partial charge >= 0.3 is 15.6 Å². The molecule has 0 heterocycles. The van der Waals surface area contributed by atoms with Crippen LogP contribution in [0.2, 0.25) is 0 Å². The monoisotopic (exact) mass is 361 g/mol. The Bertz CT molecular complexity index is 771. The number of benzene rings is 1. The molecule has 0 aliphatic carbocycles. The van der Waals surface area contributed by atoms with Crippen molar-refractivity contribution in [2.45, 2.75) is 5.51 Å². The second kappa shape index (κ2) is 6.23. The standard InChI is InChI=1S/C9H8F5N5O3S/c10-3-1-4(11)6(22-23(20,21)9(12,13)14)2-5(3)18-8(17)19-7(15)16/h1-2H,(H6,15,16,17,18,19). The number of rotatable bonds is 3. The van der Waals surface area contributed by atoms with Crippen LogP contribution in [0.15, 0.2) is 22.1 Å². The minimum Gasteiger partial charge on any atom is -0.373 e. The van der Waals surface area contributed by atoms with Gasteiger partial charge in [0, 0.05) is 12.1 Å². The van der Waals surface area contributed by atoms with Crippen LogP contribution >= 0.6 is 0 Å². The molecule has 23 heavy (non-hydrogen) atoms. The molecule has 0 radical (unpaired) electrons. The van der Waals surface area contributed by atoms with Crippen LogP contribution in [-0.2, 0) is 10.1 Å². The first-order chi connectivity index (χ1) is 10.3. The van der Waals surface area contributed by atoms with Gasteiger partial charge in [0.25, 0.3) is 0 Å². The Morgan fingerprint density at radius 2 is 1.65 bits per heavy atom. The number of nitrogens with two attached hydrogens (primary N) is 3. The Balaban J connectivity index is 3.33. The number of hydrogen-bond donors (Lipinski definition) is 3. The van der Waals surface area contributed by atoms with Gasteiger partial charge in [0.1, 0.15) is 5.69 Å². The lowest BCUT2D eigenvalue weighted by Crippen LogP contribution is -2.28. The number of aliphatic imine (C=N–C) groups is 2. The Morgan fingerprint density at radius 1 is 1.09 bits per heavy atom. The van der Waals surface area contributed by atoms with E-state index in [0.717, 1.165) is 0 Å². The lowest BCUT2D eigenvalue weighted by Gasteiger charge is -2.10. The van der Waals surface area contributed by atoms with E-state index in [1.54, 1.807) is 0 Å². The quantitative estimate of drug-likeness (QED) is 0.234. The second-order valence-electron chi connectivity index (χ2n) is 3.72. The SMILES string of the molecule is NC(N)=NC(N)=Nc1cc(OS(=O)(=O)C(F)(F)F)c(F)cc1F. The second-order valence-corrected chi connectivity index (χ2v) is 5.26. The fourth-order valence-electron chi connectivity index (χ4n) is 1.11. The predicted octanol–water partition coefficient (Wildman–Crippen LogP) is 0.413. The van der Waals surface area contributed by atoms with Gasteiger partial charge in [-0.05, 0) is 0 Å². The molecule has 6 N–H and O–H groups in total. The van der Waals surface area contributed by atoms with Crippen molar-refractivity contribution < 1.29 is 34.6 Å². The Labute approximate surface area is 125 Å². The van der Waals surface area contributed by atoms with Crippen LogP contribution in [0, 0.1) is 11.6 Å². The molecule has 0 unspecified atom stereocenters. The van der Waals surface area contributed by atoms with E-state index in [9.17, 15) is 30.4 Å². The number of nitrogens with zero attached hydrogens (tertiary/aromatic N) is 2. The Hall–Kier alpha value is -2.64. The molecule has 0 aromatic heterocycles. The lowest BCUT2D eigenvalue weighted by atomic mass is 10.3. The summed E-state index contributed by atoms with van der Waals surface area (Å²) in [4.78, 5) is 6.42. The van der Waals surface area contributed by atoms with Crippen LogP contribution in [0.25, 0.3) is 0 Å². The molecular weight excluding hydrogens is 353 g/mol. The molecular formula is C9H8F5N5O3S. The van der Waals surface area contributed by atoms with E-state index in [2.05, 4.69) is 14.2 Å². The number of hydrogen-bond acceptors (Lipinski definition) is 4. The van der Waals surface area contributed by atoms with Gasteiger partial charge in [-0.1, -0.05) is 0 Å². The van der Waals surface area contributed by atoms with Crippen LogP contribution in [-0.4, -0.2) is 25.8 Å². The third-order valence-corrected chi connectivity index (χ3v) is 2.93. The summed E-state index contributed by atoms with van der Waals surface area (Å²) in [6.07, 6.45) is 0. The van der Waals surface area contributed by atoms with Crippen molar-refractivity contribution in [1.82, 2.24) is 0 Å². The molecule has 1 aromatic carbocycles. The molecule has 0 aliphatic rings. The predicted molar refractivity (Wildman–Crippen MR) is 69.1 cm³/mol. The third kappa shape index (κ3) is 4.67. The summed E-state index contributed by atoms with van der Waals surface area (Å²) in [6.45, 7) is 0. The molecule has 1 aromatic rings. The highest BCUT2D eigenvalue weighted by molar-refractivity contribution is 7.88. The summed E-state index contributed by atoms with van der Waals surface area (Å²) in [5.41, 5.74) is 8.40. The number of alkyl halides is 3. The van der Waals surface area contributed by atoms with E-state index in [1.807, 2.05) is 0 Å². The third-order valence-electron chi connectivity index (χ3n) is 1.96. The van der Waals surface area contributed by atoms with Crippen molar-refractivity contribution in [3.63, 3.8) is 0 Å². The van der Waals surface area contributed by atoms with Crippen molar-refractivity contribution in [3.8, 4) is 5.75 Å². The van der Waals surface area contributed by atoms with Gasteiger partial charge in [-0.2, -0.15) is 26.6 Å². The summed E-state index contributed by atoms with van der Waals surface area (Å²) in [7, 11) is -6.16. The normalized spacial score (nSPS) is 12.8. The molecule has 14 heteroatoms. The van der Waals surface area contributed by atoms with E-state index in [4.69, 9.17) is 17.2 Å². The molecule has 0 amide bonds. The summed E-state index contributed by atoms with van der Waals surface area (Å²) in [5.74, 6) is -5.83. The molecule has 128 valence electrons. The van der Waals surface area contributed by atoms with E-state index in [0.29, 0.717) is 0 Å². The van der Waals surface area contributed by atoms with Gasteiger partial charge in [0.05, 0.1) is 0 Å². The van der Waals surface area contributed by atoms with Gasteiger partial charge in [0.2, 0.25) is 5.96 Å². The summed E-state index contributed by atoms with van der Waals surface area (Å²) < 4.78 is 88.5. The summed E-state index contributed by atoms with van der Waals surface area (Å²) >= 11 is 0. The molecule has 0 aliphatic heterocycles. The smallest absolute Gasteiger partial charge is 0.373 e. The Morgan fingerprint density at radius 3 is 2.13 bits per heavy atom. The first kappa shape index (κ1) is 18.4. The van der Waals surface area contributed by atoms with Crippen LogP contribution in [0.5, 0.6) is 5.75 Å². The fraction of sp³-hybridized carbons (Fsp3) is 0.111. The van der Waals surface area contributed by atoms with Crippen LogP contribution in [0.1, 0.15) is 0 Å². The summed E-state index contributed by atoms with van der Waals surface area (Å²) in [5, 5.41) is 0. The maximum atomic E-state index is 13.5. The largest absolute Gasteiger partial charge is 0.534 e. The van der Waals surface area contributed by atoms with Crippen molar-refractivity contribution in [1.29, 1.82) is 0 Å². The van der Waals surface area contributed by atoms with Crippen molar-refractivity contribution in [2.75, 3.05) is 0 Å². The molecule has 0 saturated carbocycles. The van der Waals surface area contributed by atoms with Crippen molar-refractivity contribution >= 4 is 27.7 Å². The molecule has 8 nitrogen and oxygen atoms in total. The molecule has 0 atom stereocenters. The molecule has 0 fully saturated rings. The van der Waals surface area contributed by atoms with E-state index >= 15 is 0 Å². The maximum absolute atomic E-state index is 13.5. The lowest BCUT2D eigenvalue weighted by molar-refractivity contribution is -0.0500. The topological polar surface area (TPSA) is 146 Å². The average molecular weight is 361 g/mol. The zero-order chi connectivity index (χ0) is 18.0. The first-order valence-electron chi connectivity index (χ1n) is 5.27. The van der Waals surface area contributed by atoms with Gasteiger partial charge in [0.15, 0.2) is 23.3 Å². The first-order valence-corrected chi connectivity index (χ1v) is 6.68. The van der Waals surface area contributed by atoms with E-state index < -0.39 is 50.6 Å². The zero-order valence-corrected chi connectivity index (χ0v) is 11.6. The average Bonchev–Trinajstić information content (AvgIpc) is 2.32. The van der Waals surface area contributed by atoms with Gasteiger partial charge in [-0.15, -0.1) is 0 Å². The maximum Gasteiger partial charge on any atom is 0.534 e. The van der Waals surface area contributed by atoms with Crippen LogP contribution in [0.4, 0.5) is 27.6 Å². The highest BCUT2D eigenvalue weighted by atomic mass is 32.2. The number of guanidine groups is 2. The molecule has 0 spiro atoms. The zero-order valence-electron chi connectivity index (χ0n) is 10.8. The molecule has 1 rings (SSSR count). The minimum atomic E-state index is -6.16. The molecule has 0 saturated heterocycles. The molecule has 0 bridgehead atoms. The van der Waals surface area contributed by atoms with Crippen molar-refractivity contribution in [2.24, 2.45) is 27.2 Å². The van der Waals surface area contributed by atoms with E-state index in [-0.39, 0.29) is 12.1 Å². The van der Waals surface area contributed by atoms with Crippen LogP contribution in [0.3, 0.4) is 0 Å². The Kier molecular flexibility index (Phi) is 4.99. The number of halogens is 5. The van der Waals surface area contributed by atoms with Crippen LogP contribution < -0.4 is 21.4 Å². The highest BCUT2D eigenvalue weighted by Crippen LogP contribution is 2.32. The van der Waals surface area contributed by atoms with E-state index in [1.165, 1.54) is 0 Å². The minimum absolute atomic E-state index is 0.0445. The highest BCUT2D eigenvalue weighted by Gasteiger charge is 2.49. The van der Waals surface area contributed by atoms with Gasteiger partial charge in [-0.3, -0.25) is 0 Å². The fourth-order valence-corrected chi connectivity index (χ4v) is 1.57. The van der Waals surface area contributed by atoms with Crippen molar-refractivity contribution in [3.05, 3.63) is 23.8 Å². The van der Waals surface area contributed by atoms with Gasteiger partial charge < -0.3 is 21.4 Å².